The molecule has 60 heavy (non-hydrogen) atoms. The van der Waals surface area contributed by atoms with E-state index in [1.807, 2.05) is 24.3 Å². The highest BCUT2D eigenvalue weighted by atomic mass is 16.7. The van der Waals surface area contributed by atoms with Crippen LogP contribution in [0.15, 0.2) is 73.2 Å². The normalized spacial score (nSPS) is 28.1. The molecule has 328 valence electrons. The Morgan fingerprint density at radius 2 is 1.62 bits per heavy atom. The van der Waals surface area contributed by atoms with E-state index in [-0.39, 0.29) is 30.7 Å². The molecule has 4 aliphatic rings. The van der Waals surface area contributed by atoms with E-state index >= 15 is 0 Å². The standard InChI is InChI=1S/C43H59N5O12/c1-25-46-34(50)20-23-48(25)42-37(53)36(52)40(59-42)39(60-43-38(54)35(51)33(24-44)58-43)32(41(45)55)7-5-3-4-6-28(49)13-10-26-8-11-27(12-9-26)47-21-18-31(19-22-47)57-30-16-14-29(56-2)15-17-30/h8-9,11-12,14-17,20,23,31-33,35-40,42-43,51-54H,1,3-7,10,13,18-19,21-22,24,44H2,2H3,(H2,45,55)(H,46,50)/t32-,33+,35+,36+,37?,38+,39-,40-,42+,43-/m0/s1. The number of carbonyl (C=O) groups is 3. The molecule has 0 bridgehead atoms. The zero-order chi connectivity index (χ0) is 42.9. The number of ether oxygens (including phenoxy) is 5. The number of primary amides is 1. The molecule has 2 aromatic rings. The average molecular weight is 838 g/mol. The minimum atomic E-state index is -1.62. The maximum atomic E-state index is 13.0. The van der Waals surface area contributed by atoms with Gasteiger partial charge in [0.25, 0.3) is 5.91 Å². The number of aliphatic hydroxyl groups is 4. The van der Waals surface area contributed by atoms with Gasteiger partial charge >= 0.3 is 0 Å². The summed E-state index contributed by atoms with van der Waals surface area (Å²) in [6.07, 6.45) is -4.88. The molecule has 6 rings (SSSR count). The SMILES string of the molecule is C=C1NC(=O)C=CN1[C@@H]1O[C@H]([C@@H](O[C@@H]2O[C@H](CN)[C@@H](O)[C@H]2O)[C@H](CCCCCC(=O)CCc2ccc(N3CCC(Oc4ccc(OC)cc4)CC3)cc2)C(N)=O)[C@H](O)C1O. The molecule has 10 atom stereocenters. The number of aliphatic hydroxyl groups excluding tert-OH is 4. The number of ketones is 1. The van der Waals surface area contributed by atoms with Gasteiger partial charge in [0, 0.05) is 63.3 Å². The topological polar surface area (TPSA) is 249 Å². The van der Waals surface area contributed by atoms with Crippen LogP contribution in [0, 0.1) is 5.92 Å². The van der Waals surface area contributed by atoms with Crippen molar-refractivity contribution in [1.29, 1.82) is 0 Å². The second kappa shape index (κ2) is 20.8. The zero-order valence-corrected chi connectivity index (χ0v) is 33.9. The molecule has 0 saturated carbocycles. The van der Waals surface area contributed by atoms with Crippen LogP contribution in [0.3, 0.4) is 0 Å². The number of unbranched alkanes of at least 4 members (excludes halogenated alkanes) is 2. The van der Waals surface area contributed by atoms with E-state index in [2.05, 4.69) is 41.1 Å². The minimum absolute atomic E-state index is 0.0826. The minimum Gasteiger partial charge on any atom is -0.497 e. The van der Waals surface area contributed by atoms with Crippen LogP contribution in [0.5, 0.6) is 11.5 Å². The molecule has 2 aromatic carbocycles. The number of benzene rings is 2. The van der Waals surface area contributed by atoms with E-state index in [0.29, 0.717) is 38.5 Å². The van der Waals surface area contributed by atoms with Gasteiger partial charge in [0.15, 0.2) is 12.5 Å². The number of hydrogen-bond acceptors (Lipinski definition) is 15. The Hall–Kier alpha value is -4.59. The Morgan fingerprint density at radius 1 is 0.917 bits per heavy atom. The molecule has 0 radical (unpaired) electrons. The van der Waals surface area contributed by atoms with Gasteiger partial charge in [-0.15, -0.1) is 0 Å². The molecular weight excluding hydrogens is 778 g/mol. The van der Waals surface area contributed by atoms with Gasteiger partial charge in [0.1, 0.15) is 71.9 Å². The lowest BCUT2D eigenvalue weighted by atomic mass is 9.88. The van der Waals surface area contributed by atoms with Crippen LogP contribution in [0.25, 0.3) is 0 Å². The number of methoxy groups -OCH3 is 1. The summed E-state index contributed by atoms with van der Waals surface area (Å²) >= 11 is 0. The van der Waals surface area contributed by atoms with Crippen LogP contribution in [0.2, 0.25) is 0 Å². The van der Waals surface area contributed by atoms with Crippen LogP contribution >= 0.6 is 0 Å². The fourth-order valence-electron chi connectivity index (χ4n) is 8.18. The number of Topliss-reactive ketones (excluding diaryl/α,β-unsaturated/α-hetero) is 1. The number of nitrogens with zero attached hydrogens (tertiary/aromatic N) is 2. The zero-order valence-electron chi connectivity index (χ0n) is 33.9. The fraction of sp³-hybridized carbons (Fsp3) is 0.558. The lowest BCUT2D eigenvalue weighted by Gasteiger charge is -2.35. The first-order valence-electron chi connectivity index (χ1n) is 20.7. The third-order valence-corrected chi connectivity index (χ3v) is 11.7. The molecule has 17 heteroatoms. The van der Waals surface area contributed by atoms with Crippen molar-refractivity contribution in [3.8, 4) is 11.5 Å². The Kier molecular flexibility index (Phi) is 15.6. The predicted molar refractivity (Wildman–Crippen MR) is 218 cm³/mol. The van der Waals surface area contributed by atoms with Crippen LogP contribution in [-0.4, -0.2) is 131 Å². The Balaban J connectivity index is 0.969. The number of hydrogen-bond donors (Lipinski definition) is 7. The predicted octanol–water partition coefficient (Wildman–Crippen LogP) is 0.951. The number of aryl methyl sites for hydroxylation is 1. The summed E-state index contributed by atoms with van der Waals surface area (Å²) in [6.45, 7) is 5.42. The molecule has 2 amide bonds. The molecule has 4 aliphatic heterocycles. The molecular formula is C43H59N5O12. The second-order valence-corrected chi connectivity index (χ2v) is 15.8. The third-order valence-electron chi connectivity index (χ3n) is 11.7. The highest BCUT2D eigenvalue weighted by molar-refractivity contribution is 5.89. The summed E-state index contributed by atoms with van der Waals surface area (Å²) in [5.41, 5.74) is 13.8. The smallest absolute Gasteiger partial charge is 0.250 e. The van der Waals surface area contributed by atoms with Crippen molar-refractivity contribution in [2.75, 3.05) is 31.6 Å². The van der Waals surface area contributed by atoms with Crippen LogP contribution in [0.4, 0.5) is 5.69 Å². The largest absolute Gasteiger partial charge is 0.497 e. The molecule has 0 aliphatic carbocycles. The summed E-state index contributed by atoms with van der Waals surface area (Å²) in [6, 6.07) is 16.0. The lowest BCUT2D eigenvalue weighted by Crippen LogP contribution is -2.50. The number of carbonyl (C=O) groups excluding carboxylic acids is 3. The Morgan fingerprint density at radius 3 is 2.25 bits per heavy atom. The molecule has 1 unspecified atom stereocenters. The molecule has 4 heterocycles. The van der Waals surface area contributed by atoms with E-state index < -0.39 is 73.0 Å². The van der Waals surface area contributed by atoms with Crippen molar-refractivity contribution in [1.82, 2.24) is 10.2 Å². The number of anilines is 1. The van der Waals surface area contributed by atoms with Gasteiger partial charge in [-0.1, -0.05) is 31.6 Å². The maximum absolute atomic E-state index is 13.0. The van der Waals surface area contributed by atoms with Crippen LogP contribution < -0.4 is 31.2 Å². The molecule has 17 nitrogen and oxygen atoms in total. The lowest BCUT2D eigenvalue weighted by molar-refractivity contribution is -0.232. The highest BCUT2D eigenvalue weighted by Crippen LogP contribution is 2.36. The van der Waals surface area contributed by atoms with Gasteiger partial charge in [0.2, 0.25) is 5.91 Å². The first-order valence-corrected chi connectivity index (χ1v) is 20.7. The van der Waals surface area contributed by atoms with Gasteiger partial charge in [-0.3, -0.25) is 14.4 Å². The monoisotopic (exact) mass is 837 g/mol. The van der Waals surface area contributed by atoms with Crippen molar-refractivity contribution in [3.63, 3.8) is 0 Å². The van der Waals surface area contributed by atoms with Crippen molar-refractivity contribution in [2.24, 2.45) is 17.4 Å². The van der Waals surface area contributed by atoms with E-state index in [1.165, 1.54) is 17.2 Å². The van der Waals surface area contributed by atoms with Crippen molar-refractivity contribution in [2.45, 2.75) is 119 Å². The second-order valence-electron chi connectivity index (χ2n) is 15.8. The Bertz CT molecular complexity index is 1790. The van der Waals surface area contributed by atoms with Gasteiger partial charge in [-0.2, -0.15) is 0 Å². The fourth-order valence-corrected chi connectivity index (χ4v) is 8.18. The highest BCUT2D eigenvalue weighted by Gasteiger charge is 2.54. The summed E-state index contributed by atoms with van der Waals surface area (Å²) in [5.74, 6) is -0.505. The molecule has 3 fully saturated rings. The number of piperidine rings is 1. The van der Waals surface area contributed by atoms with Crippen LogP contribution in [0.1, 0.15) is 56.9 Å². The van der Waals surface area contributed by atoms with E-state index in [1.54, 1.807) is 7.11 Å². The summed E-state index contributed by atoms with van der Waals surface area (Å²) < 4.78 is 29.2. The maximum Gasteiger partial charge on any atom is 0.250 e. The molecule has 0 spiro atoms. The first-order chi connectivity index (χ1) is 28.9. The summed E-state index contributed by atoms with van der Waals surface area (Å²) in [7, 11) is 1.64. The first kappa shape index (κ1) is 44.9. The van der Waals surface area contributed by atoms with Gasteiger partial charge in [-0.05, 0) is 61.2 Å². The number of nitrogens with two attached hydrogens (primary N) is 2. The quantitative estimate of drug-likeness (QED) is 0.0918. The van der Waals surface area contributed by atoms with Gasteiger partial charge in [-0.25, -0.2) is 0 Å². The average Bonchev–Trinajstić information content (AvgIpc) is 3.69. The van der Waals surface area contributed by atoms with Gasteiger partial charge in [0.05, 0.1) is 13.0 Å². The van der Waals surface area contributed by atoms with Gasteiger partial charge < -0.3 is 70.7 Å². The number of rotatable bonds is 20. The van der Waals surface area contributed by atoms with Crippen molar-refractivity contribution in [3.05, 3.63) is 78.8 Å². The summed E-state index contributed by atoms with van der Waals surface area (Å²) in [4.78, 5) is 41.4. The Labute approximate surface area is 349 Å². The van der Waals surface area contributed by atoms with E-state index in [4.69, 9.17) is 35.2 Å². The number of nitrogens with one attached hydrogen (secondary N) is 1. The van der Waals surface area contributed by atoms with E-state index in [0.717, 1.165) is 48.7 Å². The summed E-state index contributed by atoms with van der Waals surface area (Å²) in [5, 5.41) is 45.9. The van der Waals surface area contributed by atoms with Crippen molar-refractivity contribution < 1.29 is 58.5 Å². The molecule has 3 saturated heterocycles. The molecule has 9 N–H and O–H groups in total. The van der Waals surface area contributed by atoms with E-state index in [9.17, 15) is 34.8 Å². The van der Waals surface area contributed by atoms with Crippen molar-refractivity contribution >= 4 is 23.3 Å². The third kappa shape index (κ3) is 11.0. The molecule has 0 aromatic heterocycles. The van der Waals surface area contributed by atoms with Crippen LogP contribution in [-0.2, 0) is 35.0 Å². The number of amides is 2.